The Morgan fingerprint density at radius 2 is 2.11 bits per heavy atom. The second-order valence-corrected chi connectivity index (χ2v) is 4.86. The number of nitrogens with two attached hydrogens (primary N) is 1. The van der Waals surface area contributed by atoms with Gasteiger partial charge in [-0.3, -0.25) is 9.59 Å². The number of amides is 2. The van der Waals surface area contributed by atoms with Gasteiger partial charge in [0.15, 0.2) is 0 Å². The largest absolute Gasteiger partial charge is 0.480 e. The Hall–Kier alpha value is -1.63. The minimum absolute atomic E-state index is 0.0292. The lowest BCUT2D eigenvalue weighted by molar-refractivity contribution is -0.142. The number of carboxylic acid groups (broad SMARTS) is 1. The molecule has 2 amide bonds. The standard InChI is InChI=1S/C12H21N3O4/c13-10(16)3-2-9(12(18)19)15-11(17)4-1-8-5-6-14-7-8/h8-9,14H,1-7H2,(H2,13,16)(H,15,17)(H,18,19). The fourth-order valence-corrected chi connectivity index (χ4v) is 2.11. The molecule has 0 aromatic rings. The van der Waals surface area contributed by atoms with Gasteiger partial charge in [0.1, 0.15) is 6.04 Å². The first kappa shape index (κ1) is 15.4. The molecule has 1 aliphatic heterocycles. The number of aliphatic carboxylic acids is 1. The van der Waals surface area contributed by atoms with Gasteiger partial charge >= 0.3 is 5.97 Å². The number of hydrogen-bond acceptors (Lipinski definition) is 4. The first-order valence-electron chi connectivity index (χ1n) is 6.50. The Labute approximate surface area is 111 Å². The van der Waals surface area contributed by atoms with Crippen molar-refractivity contribution in [2.75, 3.05) is 13.1 Å². The van der Waals surface area contributed by atoms with Crippen LogP contribution in [0.3, 0.4) is 0 Å². The van der Waals surface area contributed by atoms with Crippen LogP contribution in [0.15, 0.2) is 0 Å². The molecule has 0 radical (unpaired) electrons. The van der Waals surface area contributed by atoms with Gasteiger partial charge in [-0.1, -0.05) is 0 Å². The smallest absolute Gasteiger partial charge is 0.326 e. The maximum atomic E-state index is 11.6. The molecular formula is C12H21N3O4. The molecule has 0 aromatic carbocycles. The Kier molecular flexibility index (Phi) is 6.27. The Morgan fingerprint density at radius 1 is 1.37 bits per heavy atom. The van der Waals surface area contributed by atoms with Crippen LogP contribution in [0.1, 0.15) is 32.1 Å². The van der Waals surface area contributed by atoms with Crippen LogP contribution in [0.4, 0.5) is 0 Å². The highest BCUT2D eigenvalue weighted by Crippen LogP contribution is 2.14. The van der Waals surface area contributed by atoms with Crippen molar-refractivity contribution in [3.05, 3.63) is 0 Å². The van der Waals surface area contributed by atoms with E-state index in [1.165, 1.54) is 0 Å². The van der Waals surface area contributed by atoms with Crippen molar-refractivity contribution in [1.29, 1.82) is 0 Å². The third-order valence-corrected chi connectivity index (χ3v) is 3.25. The molecule has 1 saturated heterocycles. The van der Waals surface area contributed by atoms with Gasteiger partial charge in [0, 0.05) is 12.8 Å². The molecule has 1 heterocycles. The van der Waals surface area contributed by atoms with Crippen LogP contribution >= 0.6 is 0 Å². The average Bonchev–Trinajstić information content (AvgIpc) is 2.84. The molecular weight excluding hydrogens is 250 g/mol. The minimum atomic E-state index is -1.14. The van der Waals surface area contributed by atoms with Crippen LogP contribution in [0.2, 0.25) is 0 Å². The average molecular weight is 271 g/mol. The molecule has 108 valence electrons. The first-order valence-corrected chi connectivity index (χ1v) is 6.50. The molecule has 7 nitrogen and oxygen atoms in total. The summed E-state index contributed by atoms with van der Waals surface area (Å²) >= 11 is 0. The monoisotopic (exact) mass is 271 g/mol. The van der Waals surface area contributed by atoms with Gasteiger partial charge in [-0.15, -0.1) is 0 Å². The van der Waals surface area contributed by atoms with Crippen LogP contribution in [0, 0.1) is 5.92 Å². The molecule has 0 saturated carbocycles. The predicted octanol–water partition coefficient (Wildman–Crippen LogP) is -0.789. The minimum Gasteiger partial charge on any atom is -0.480 e. The summed E-state index contributed by atoms with van der Waals surface area (Å²) in [5.74, 6) is -1.52. The fourth-order valence-electron chi connectivity index (χ4n) is 2.11. The number of carboxylic acids is 1. The van der Waals surface area contributed by atoms with E-state index >= 15 is 0 Å². The second-order valence-electron chi connectivity index (χ2n) is 4.86. The van der Waals surface area contributed by atoms with E-state index in [0.29, 0.717) is 12.3 Å². The molecule has 5 N–H and O–H groups in total. The summed E-state index contributed by atoms with van der Waals surface area (Å²) < 4.78 is 0. The normalized spacial score (nSPS) is 19.9. The summed E-state index contributed by atoms with van der Waals surface area (Å²) in [7, 11) is 0. The predicted molar refractivity (Wildman–Crippen MR) is 68.2 cm³/mol. The third-order valence-electron chi connectivity index (χ3n) is 3.25. The summed E-state index contributed by atoms with van der Waals surface area (Å²) in [5.41, 5.74) is 4.96. The van der Waals surface area contributed by atoms with Gasteiger partial charge in [-0.05, 0) is 38.3 Å². The molecule has 2 atom stereocenters. The van der Waals surface area contributed by atoms with E-state index in [1.54, 1.807) is 0 Å². The maximum absolute atomic E-state index is 11.6. The lowest BCUT2D eigenvalue weighted by Crippen LogP contribution is -2.41. The van der Waals surface area contributed by atoms with E-state index in [0.717, 1.165) is 25.9 Å². The molecule has 1 rings (SSSR count). The van der Waals surface area contributed by atoms with E-state index in [-0.39, 0.29) is 18.7 Å². The summed E-state index contributed by atoms with van der Waals surface area (Å²) in [5, 5.41) is 14.6. The number of nitrogens with one attached hydrogen (secondary N) is 2. The SMILES string of the molecule is NC(=O)CCC(NC(=O)CCC1CCNC1)C(=O)O. The Bertz CT molecular complexity index is 340. The van der Waals surface area contributed by atoms with Crippen LogP contribution in [-0.4, -0.2) is 42.0 Å². The molecule has 0 spiro atoms. The number of primary amides is 1. The van der Waals surface area contributed by atoms with Crippen LogP contribution in [0.25, 0.3) is 0 Å². The number of carbonyl (C=O) groups is 3. The van der Waals surface area contributed by atoms with Gasteiger partial charge < -0.3 is 21.5 Å². The van der Waals surface area contributed by atoms with Crippen molar-refractivity contribution in [1.82, 2.24) is 10.6 Å². The zero-order valence-electron chi connectivity index (χ0n) is 10.9. The van der Waals surface area contributed by atoms with E-state index in [2.05, 4.69) is 10.6 Å². The second kappa shape index (κ2) is 7.73. The van der Waals surface area contributed by atoms with Crippen LogP contribution < -0.4 is 16.4 Å². The maximum Gasteiger partial charge on any atom is 0.326 e. The first-order chi connectivity index (χ1) is 8.99. The van der Waals surface area contributed by atoms with Gasteiger partial charge in [-0.2, -0.15) is 0 Å². The molecule has 19 heavy (non-hydrogen) atoms. The van der Waals surface area contributed by atoms with E-state index in [9.17, 15) is 14.4 Å². The quantitative estimate of drug-likeness (QED) is 0.461. The summed E-state index contributed by atoms with van der Waals surface area (Å²) in [4.78, 5) is 33.2. The van der Waals surface area contributed by atoms with Gasteiger partial charge in [0.2, 0.25) is 11.8 Å². The van der Waals surface area contributed by atoms with Crippen molar-refractivity contribution in [3.63, 3.8) is 0 Å². The van der Waals surface area contributed by atoms with Gasteiger partial charge in [0.25, 0.3) is 0 Å². The molecule has 0 aromatic heterocycles. The molecule has 7 heteroatoms. The van der Waals surface area contributed by atoms with Crippen molar-refractivity contribution < 1.29 is 19.5 Å². The van der Waals surface area contributed by atoms with Crippen LogP contribution in [0.5, 0.6) is 0 Å². The van der Waals surface area contributed by atoms with E-state index < -0.39 is 17.9 Å². The van der Waals surface area contributed by atoms with Crippen molar-refractivity contribution >= 4 is 17.8 Å². The van der Waals surface area contributed by atoms with Gasteiger partial charge in [0.05, 0.1) is 0 Å². The van der Waals surface area contributed by atoms with Gasteiger partial charge in [-0.25, -0.2) is 4.79 Å². The van der Waals surface area contributed by atoms with Crippen LogP contribution in [-0.2, 0) is 14.4 Å². The number of carbonyl (C=O) groups excluding carboxylic acids is 2. The molecule has 0 aliphatic carbocycles. The summed E-state index contributed by atoms with van der Waals surface area (Å²) in [6, 6.07) is -1.04. The van der Waals surface area contributed by atoms with E-state index in [4.69, 9.17) is 10.8 Å². The third kappa shape index (κ3) is 6.19. The van der Waals surface area contributed by atoms with Crippen molar-refractivity contribution in [2.24, 2.45) is 11.7 Å². The lowest BCUT2D eigenvalue weighted by atomic mass is 10.0. The molecule has 2 unspecified atom stereocenters. The number of rotatable bonds is 8. The highest BCUT2D eigenvalue weighted by atomic mass is 16.4. The highest BCUT2D eigenvalue weighted by Gasteiger charge is 2.21. The zero-order valence-corrected chi connectivity index (χ0v) is 10.9. The fraction of sp³-hybridized carbons (Fsp3) is 0.750. The number of hydrogen-bond donors (Lipinski definition) is 4. The molecule has 0 bridgehead atoms. The van der Waals surface area contributed by atoms with Crippen molar-refractivity contribution in [2.45, 2.75) is 38.1 Å². The molecule has 1 fully saturated rings. The van der Waals surface area contributed by atoms with Crippen molar-refractivity contribution in [3.8, 4) is 0 Å². The summed E-state index contributed by atoms with van der Waals surface area (Å²) in [6.45, 7) is 1.89. The lowest BCUT2D eigenvalue weighted by Gasteiger charge is -2.14. The summed E-state index contributed by atoms with van der Waals surface area (Å²) in [6.07, 6.45) is 2.09. The highest BCUT2D eigenvalue weighted by molar-refractivity contribution is 5.84. The molecule has 1 aliphatic rings. The topological polar surface area (TPSA) is 122 Å². The zero-order chi connectivity index (χ0) is 14.3. The Balaban J connectivity index is 2.29. The Morgan fingerprint density at radius 3 is 2.63 bits per heavy atom. The van der Waals surface area contributed by atoms with E-state index in [1.807, 2.05) is 0 Å².